The standard InChI is InChI=1S/C16H20FN3O3/c17-13-6-3-7-14(16(13)20(22)23)18-8-9-19(15(21)11-18)10-12-4-1-2-5-12/h3,6-7,12H,1-2,4-5,8-11H2. The van der Waals surface area contributed by atoms with Gasteiger partial charge in [0.2, 0.25) is 11.7 Å². The Bertz CT molecular complexity index is 617. The first-order valence-electron chi connectivity index (χ1n) is 8.02. The first kappa shape index (κ1) is 15.7. The highest BCUT2D eigenvalue weighted by Gasteiger charge is 2.31. The van der Waals surface area contributed by atoms with Crippen LogP contribution in [0.3, 0.4) is 0 Å². The van der Waals surface area contributed by atoms with Gasteiger partial charge in [-0.3, -0.25) is 14.9 Å². The summed E-state index contributed by atoms with van der Waals surface area (Å²) in [7, 11) is 0. The van der Waals surface area contributed by atoms with E-state index in [1.54, 1.807) is 4.90 Å². The molecule has 124 valence electrons. The van der Waals surface area contributed by atoms with E-state index in [-0.39, 0.29) is 18.1 Å². The Morgan fingerprint density at radius 1 is 1.26 bits per heavy atom. The minimum atomic E-state index is -0.867. The van der Waals surface area contributed by atoms with Crippen molar-refractivity contribution in [3.63, 3.8) is 0 Å². The molecular formula is C16H20FN3O3. The maximum absolute atomic E-state index is 13.7. The monoisotopic (exact) mass is 321 g/mol. The molecule has 1 saturated carbocycles. The van der Waals surface area contributed by atoms with Crippen LogP contribution in [0, 0.1) is 21.8 Å². The molecule has 1 heterocycles. The lowest BCUT2D eigenvalue weighted by atomic mass is 10.1. The molecule has 1 aromatic rings. The third-order valence-electron chi connectivity index (χ3n) is 4.76. The molecule has 0 spiro atoms. The number of anilines is 1. The minimum absolute atomic E-state index is 0.0401. The van der Waals surface area contributed by atoms with Gasteiger partial charge in [-0.2, -0.15) is 4.39 Å². The quantitative estimate of drug-likeness (QED) is 0.631. The summed E-state index contributed by atoms with van der Waals surface area (Å²) in [5, 5.41) is 11.1. The SMILES string of the molecule is O=C1CN(c2cccc(F)c2[N+](=O)[O-])CCN1CC1CCCC1. The topological polar surface area (TPSA) is 66.7 Å². The van der Waals surface area contributed by atoms with Gasteiger partial charge in [0.05, 0.1) is 11.5 Å². The molecule has 7 heteroatoms. The van der Waals surface area contributed by atoms with Gasteiger partial charge in [-0.15, -0.1) is 0 Å². The molecule has 0 N–H and O–H groups in total. The van der Waals surface area contributed by atoms with E-state index in [1.165, 1.54) is 37.8 Å². The molecule has 0 bridgehead atoms. The molecule has 1 aromatic carbocycles. The number of nitrogens with zero attached hydrogens (tertiary/aromatic N) is 3. The minimum Gasteiger partial charge on any atom is -0.355 e. The second kappa shape index (κ2) is 6.52. The summed E-state index contributed by atoms with van der Waals surface area (Å²) in [6.07, 6.45) is 4.80. The lowest BCUT2D eigenvalue weighted by Gasteiger charge is -2.36. The van der Waals surface area contributed by atoms with Crippen LogP contribution in [-0.2, 0) is 4.79 Å². The number of benzene rings is 1. The fourth-order valence-corrected chi connectivity index (χ4v) is 3.55. The molecule has 2 fully saturated rings. The zero-order chi connectivity index (χ0) is 16.4. The number of hydrogen-bond acceptors (Lipinski definition) is 4. The van der Waals surface area contributed by atoms with Gasteiger partial charge in [0.1, 0.15) is 5.69 Å². The van der Waals surface area contributed by atoms with Crippen molar-refractivity contribution < 1.29 is 14.1 Å². The van der Waals surface area contributed by atoms with Crippen LogP contribution in [0.1, 0.15) is 25.7 Å². The van der Waals surface area contributed by atoms with Gasteiger partial charge >= 0.3 is 5.69 Å². The molecule has 1 saturated heterocycles. The van der Waals surface area contributed by atoms with E-state index in [2.05, 4.69) is 0 Å². The molecule has 2 aliphatic rings. The number of nitro benzene ring substituents is 1. The second-order valence-corrected chi connectivity index (χ2v) is 6.28. The Morgan fingerprint density at radius 2 is 2.00 bits per heavy atom. The number of carbonyl (C=O) groups is 1. The number of halogens is 1. The van der Waals surface area contributed by atoms with Crippen molar-refractivity contribution in [1.29, 1.82) is 0 Å². The van der Waals surface area contributed by atoms with Gasteiger partial charge in [0, 0.05) is 19.6 Å². The van der Waals surface area contributed by atoms with Gasteiger partial charge < -0.3 is 9.80 Å². The summed E-state index contributed by atoms with van der Waals surface area (Å²) < 4.78 is 13.7. The highest BCUT2D eigenvalue weighted by atomic mass is 19.1. The van der Waals surface area contributed by atoms with Gasteiger partial charge in [0.15, 0.2) is 0 Å². The summed E-state index contributed by atoms with van der Waals surface area (Å²) >= 11 is 0. The Labute approximate surface area is 134 Å². The Balaban J connectivity index is 1.71. The molecule has 3 rings (SSSR count). The maximum atomic E-state index is 13.7. The van der Waals surface area contributed by atoms with Crippen molar-refractivity contribution in [2.24, 2.45) is 5.92 Å². The third kappa shape index (κ3) is 3.28. The van der Waals surface area contributed by atoms with Crippen LogP contribution < -0.4 is 4.90 Å². The van der Waals surface area contributed by atoms with E-state index < -0.39 is 16.4 Å². The van der Waals surface area contributed by atoms with Crippen LogP contribution in [0.15, 0.2) is 18.2 Å². The predicted octanol–water partition coefficient (Wildman–Crippen LogP) is 2.57. The van der Waals surface area contributed by atoms with Gasteiger partial charge in [0.25, 0.3) is 0 Å². The normalized spacial score (nSPS) is 19.4. The molecule has 1 aliphatic carbocycles. The molecule has 0 unspecified atom stereocenters. The van der Waals surface area contributed by atoms with Crippen LogP contribution in [0.5, 0.6) is 0 Å². The maximum Gasteiger partial charge on any atom is 0.327 e. The average molecular weight is 321 g/mol. The number of piperazine rings is 1. The molecule has 23 heavy (non-hydrogen) atoms. The van der Waals surface area contributed by atoms with E-state index >= 15 is 0 Å². The number of rotatable bonds is 4. The Morgan fingerprint density at radius 3 is 2.65 bits per heavy atom. The average Bonchev–Trinajstić information content (AvgIpc) is 3.01. The fraction of sp³-hybridized carbons (Fsp3) is 0.562. The van der Waals surface area contributed by atoms with E-state index in [4.69, 9.17) is 0 Å². The van der Waals surface area contributed by atoms with Crippen molar-refractivity contribution in [1.82, 2.24) is 4.90 Å². The fourth-order valence-electron chi connectivity index (χ4n) is 3.55. The zero-order valence-corrected chi connectivity index (χ0v) is 12.9. The number of amides is 1. The van der Waals surface area contributed by atoms with E-state index in [0.29, 0.717) is 19.0 Å². The van der Waals surface area contributed by atoms with E-state index in [9.17, 15) is 19.3 Å². The zero-order valence-electron chi connectivity index (χ0n) is 12.9. The van der Waals surface area contributed by atoms with Crippen molar-refractivity contribution in [3.8, 4) is 0 Å². The van der Waals surface area contributed by atoms with Crippen LogP contribution in [0.2, 0.25) is 0 Å². The summed E-state index contributed by atoms with van der Waals surface area (Å²) in [6.45, 7) is 1.86. The van der Waals surface area contributed by atoms with E-state index in [0.717, 1.165) is 12.6 Å². The summed E-state index contributed by atoms with van der Waals surface area (Å²) in [6, 6.07) is 4.01. The molecule has 1 aliphatic heterocycles. The van der Waals surface area contributed by atoms with E-state index in [1.807, 2.05) is 4.90 Å². The highest BCUT2D eigenvalue weighted by molar-refractivity contribution is 5.84. The molecule has 0 atom stereocenters. The van der Waals surface area contributed by atoms with Gasteiger partial charge in [-0.25, -0.2) is 0 Å². The number of hydrogen-bond donors (Lipinski definition) is 0. The number of nitro groups is 1. The Hall–Kier alpha value is -2.18. The molecule has 1 amide bonds. The molecule has 0 radical (unpaired) electrons. The number of carbonyl (C=O) groups excluding carboxylic acids is 1. The summed E-state index contributed by atoms with van der Waals surface area (Å²) in [5.74, 6) is -0.330. The first-order chi connectivity index (χ1) is 11.1. The van der Waals surface area contributed by atoms with Crippen molar-refractivity contribution in [2.45, 2.75) is 25.7 Å². The largest absolute Gasteiger partial charge is 0.355 e. The molecule has 0 aromatic heterocycles. The lowest BCUT2D eigenvalue weighted by Crippen LogP contribution is -2.51. The number of para-hydroxylation sites is 1. The van der Waals surface area contributed by atoms with Crippen LogP contribution >= 0.6 is 0 Å². The van der Waals surface area contributed by atoms with Crippen molar-refractivity contribution in [2.75, 3.05) is 31.1 Å². The molecule has 6 nitrogen and oxygen atoms in total. The predicted molar refractivity (Wildman–Crippen MR) is 83.8 cm³/mol. The van der Waals surface area contributed by atoms with Crippen LogP contribution in [0.25, 0.3) is 0 Å². The smallest absolute Gasteiger partial charge is 0.327 e. The first-order valence-corrected chi connectivity index (χ1v) is 8.02. The van der Waals surface area contributed by atoms with Crippen molar-refractivity contribution >= 4 is 17.3 Å². The highest BCUT2D eigenvalue weighted by Crippen LogP contribution is 2.32. The third-order valence-corrected chi connectivity index (χ3v) is 4.76. The second-order valence-electron chi connectivity index (χ2n) is 6.28. The van der Waals surface area contributed by atoms with Crippen LogP contribution in [0.4, 0.5) is 15.8 Å². The summed E-state index contributed by atoms with van der Waals surface area (Å²) in [5.41, 5.74) is -0.367. The van der Waals surface area contributed by atoms with Crippen LogP contribution in [-0.4, -0.2) is 41.9 Å². The molecular weight excluding hydrogens is 301 g/mol. The Kier molecular flexibility index (Phi) is 4.45. The lowest BCUT2D eigenvalue weighted by molar-refractivity contribution is -0.386. The summed E-state index contributed by atoms with van der Waals surface area (Å²) in [4.78, 5) is 26.2. The van der Waals surface area contributed by atoms with Gasteiger partial charge in [-0.1, -0.05) is 18.9 Å². The van der Waals surface area contributed by atoms with Crippen molar-refractivity contribution in [3.05, 3.63) is 34.1 Å². The van der Waals surface area contributed by atoms with Gasteiger partial charge in [-0.05, 0) is 30.9 Å².